The summed E-state index contributed by atoms with van der Waals surface area (Å²) in [6.45, 7) is -0.145. The molecule has 0 saturated carbocycles. The Bertz CT molecular complexity index is 481. The van der Waals surface area contributed by atoms with Crippen LogP contribution in [0.3, 0.4) is 0 Å². The predicted octanol–water partition coefficient (Wildman–Crippen LogP) is -2.84. The Morgan fingerprint density at radius 2 is 2.21 bits per heavy atom. The summed E-state index contributed by atoms with van der Waals surface area (Å²) >= 11 is 0. The van der Waals surface area contributed by atoms with Gasteiger partial charge in [-0.3, -0.25) is 4.79 Å². The van der Waals surface area contributed by atoms with E-state index in [9.17, 15) is 19.0 Å². The summed E-state index contributed by atoms with van der Waals surface area (Å²) in [5, 5.41) is 2.15. The normalized spacial score (nSPS) is 40.9. The van der Waals surface area contributed by atoms with E-state index in [0.717, 1.165) is 0 Å². The molecular formula is C9H10N2O7P+. The molecule has 2 unspecified atom stereocenters. The van der Waals surface area contributed by atoms with Crippen molar-refractivity contribution in [2.45, 2.75) is 24.5 Å². The van der Waals surface area contributed by atoms with Crippen LogP contribution in [-0.4, -0.2) is 43.1 Å². The number of hydrogen-bond acceptors (Lipinski definition) is 7. The number of ether oxygens (including phenoxy) is 2. The molecule has 19 heavy (non-hydrogen) atoms. The van der Waals surface area contributed by atoms with Crippen molar-refractivity contribution in [1.29, 1.82) is 0 Å². The van der Waals surface area contributed by atoms with Gasteiger partial charge in [-0.15, -0.1) is 4.52 Å². The molecule has 2 fully saturated rings. The van der Waals surface area contributed by atoms with Gasteiger partial charge in [0.05, 0.1) is 6.08 Å². The first-order valence-electron chi connectivity index (χ1n) is 5.55. The number of imide groups is 1. The van der Waals surface area contributed by atoms with Crippen LogP contribution in [0.5, 0.6) is 0 Å². The summed E-state index contributed by atoms with van der Waals surface area (Å²) in [5.41, 5.74) is 0. The van der Waals surface area contributed by atoms with Crippen LogP contribution in [0.1, 0.15) is 0 Å². The highest BCUT2D eigenvalue weighted by atomic mass is 31.1. The van der Waals surface area contributed by atoms with E-state index in [1.165, 1.54) is 12.3 Å². The van der Waals surface area contributed by atoms with E-state index in [2.05, 4.69) is 9.84 Å². The topological polar surface area (TPSA) is 122 Å². The number of epoxide rings is 1. The van der Waals surface area contributed by atoms with Crippen LogP contribution < -0.4 is 15.1 Å². The third kappa shape index (κ3) is 2.44. The third-order valence-corrected chi connectivity index (χ3v) is 3.47. The molecule has 0 bridgehead atoms. The molecule has 6 atom stereocenters. The number of quaternary nitrogens is 1. The van der Waals surface area contributed by atoms with Crippen molar-refractivity contribution in [1.82, 2.24) is 5.32 Å². The number of urea groups is 1. The number of nitrogens with one attached hydrogen (secondary N) is 2. The van der Waals surface area contributed by atoms with E-state index in [-0.39, 0.29) is 18.8 Å². The molecule has 10 heteroatoms. The molecule has 0 radical (unpaired) electrons. The highest BCUT2D eigenvalue weighted by Gasteiger charge is 2.64. The molecule has 0 aromatic carbocycles. The van der Waals surface area contributed by atoms with Crippen molar-refractivity contribution in [3.63, 3.8) is 0 Å². The molecule has 0 aliphatic carbocycles. The lowest BCUT2D eigenvalue weighted by Crippen LogP contribution is -3.17. The van der Waals surface area contributed by atoms with E-state index in [1.54, 1.807) is 0 Å². The Kier molecular flexibility index (Phi) is 3.17. The average Bonchev–Trinajstić information content (AvgIpc) is 3.04. The van der Waals surface area contributed by atoms with E-state index >= 15 is 0 Å². The van der Waals surface area contributed by atoms with Gasteiger partial charge in [-0.1, -0.05) is 0 Å². The van der Waals surface area contributed by atoms with Gasteiger partial charge in [-0.05, 0) is 4.57 Å². The van der Waals surface area contributed by atoms with Crippen molar-refractivity contribution in [2.75, 3.05) is 6.61 Å². The van der Waals surface area contributed by atoms with Gasteiger partial charge in [0, 0.05) is 0 Å². The second kappa shape index (κ2) is 4.71. The van der Waals surface area contributed by atoms with Gasteiger partial charge in [-0.2, -0.15) is 4.90 Å². The second-order valence-corrected chi connectivity index (χ2v) is 4.99. The molecule has 2 saturated heterocycles. The number of fused-ring (bicyclic) bond motifs is 1. The average molecular weight is 289 g/mol. The van der Waals surface area contributed by atoms with Crippen LogP contribution in [0.4, 0.5) is 4.79 Å². The fourth-order valence-electron chi connectivity index (χ4n) is 2.23. The fourth-order valence-corrected chi connectivity index (χ4v) is 2.50. The van der Waals surface area contributed by atoms with E-state index < -0.39 is 32.5 Å². The van der Waals surface area contributed by atoms with Crippen molar-refractivity contribution in [3.8, 4) is 0 Å². The summed E-state index contributed by atoms with van der Waals surface area (Å²) in [5.74, 6) is -0.483. The predicted molar refractivity (Wildman–Crippen MR) is 54.5 cm³/mol. The molecule has 3 rings (SSSR count). The van der Waals surface area contributed by atoms with Gasteiger partial charge in [0.2, 0.25) is 6.23 Å². The number of carbonyl (C=O) groups excluding carboxylic acids is 2. The summed E-state index contributed by atoms with van der Waals surface area (Å²) in [6.07, 6.45) is 0.919. The Morgan fingerprint density at radius 3 is 2.89 bits per heavy atom. The summed E-state index contributed by atoms with van der Waals surface area (Å²) in [4.78, 5) is 33.3. The summed E-state index contributed by atoms with van der Waals surface area (Å²) < 4.78 is 25.7. The molecule has 2 N–H and O–H groups in total. The maximum atomic E-state index is 11.6. The molecule has 3 heterocycles. The van der Waals surface area contributed by atoms with Crippen LogP contribution in [-0.2, 0) is 23.4 Å². The van der Waals surface area contributed by atoms with E-state index in [0.29, 0.717) is 4.90 Å². The SMILES string of the molecule is O=C1C=C[NH+]([C@@H]2O[C@H](CO[P+](=O)[O-])[C@@H]3O[C@@H]32)C(=O)N1. The van der Waals surface area contributed by atoms with Gasteiger partial charge in [0.1, 0.15) is 25.0 Å². The Hall–Kier alpha value is -1.22. The first-order chi connectivity index (χ1) is 9.06. The lowest BCUT2D eigenvalue weighted by atomic mass is 10.2. The first kappa shape index (κ1) is 12.8. The third-order valence-electron chi connectivity index (χ3n) is 3.11. The zero-order valence-corrected chi connectivity index (χ0v) is 10.4. The Balaban J connectivity index is 1.65. The lowest BCUT2D eigenvalue weighted by Gasteiger charge is -2.22. The minimum Gasteiger partial charge on any atom is -0.566 e. The number of amides is 3. The number of hydrogen-bond donors (Lipinski definition) is 2. The summed E-state index contributed by atoms with van der Waals surface area (Å²) in [6, 6.07) is -0.525. The minimum atomic E-state index is -2.94. The van der Waals surface area contributed by atoms with Crippen LogP contribution in [0.15, 0.2) is 12.3 Å². The number of rotatable bonds is 4. The van der Waals surface area contributed by atoms with Crippen molar-refractivity contribution >= 4 is 20.2 Å². The molecule has 102 valence electrons. The highest BCUT2D eigenvalue weighted by molar-refractivity contribution is 7.30. The lowest BCUT2D eigenvalue weighted by molar-refractivity contribution is -0.821. The van der Waals surface area contributed by atoms with Crippen LogP contribution >= 0.6 is 8.25 Å². The minimum absolute atomic E-state index is 0.145. The van der Waals surface area contributed by atoms with Gasteiger partial charge in [0.15, 0.2) is 6.10 Å². The van der Waals surface area contributed by atoms with Gasteiger partial charge in [-0.25, -0.2) is 10.1 Å². The molecule has 3 aliphatic rings. The molecule has 0 aromatic rings. The molecule has 3 aliphatic heterocycles. The second-order valence-electron chi connectivity index (χ2n) is 4.29. The van der Waals surface area contributed by atoms with Gasteiger partial charge in [0.25, 0.3) is 5.91 Å². The molecular weight excluding hydrogens is 279 g/mol. The zero-order chi connectivity index (χ0) is 13.6. The Labute approximate surface area is 108 Å². The maximum absolute atomic E-state index is 11.6. The Morgan fingerprint density at radius 1 is 1.42 bits per heavy atom. The van der Waals surface area contributed by atoms with E-state index in [1.807, 2.05) is 0 Å². The fraction of sp³-hybridized carbons (Fsp3) is 0.556. The standard InChI is InChI=1S/C9H9N2O7P/c12-5-1-2-11(9(13)10-5)8-7-6(18-7)4(17-8)3-16-19(14)15/h1-2,4,6-8H,3H2,(H,10,12,13)/p+1/t4-,6+,7+,8-/m1/s1. The van der Waals surface area contributed by atoms with Gasteiger partial charge >= 0.3 is 14.3 Å². The molecule has 9 nitrogen and oxygen atoms in total. The zero-order valence-electron chi connectivity index (χ0n) is 9.48. The van der Waals surface area contributed by atoms with Gasteiger partial charge < -0.3 is 14.4 Å². The van der Waals surface area contributed by atoms with Crippen molar-refractivity contribution in [3.05, 3.63) is 12.3 Å². The number of carbonyl (C=O) groups is 2. The summed E-state index contributed by atoms with van der Waals surface area (Å²) in [7, 11) is -2.94. The molecule has 0 aromatic heterocycles. The largest absolute Gasteiger partial charge is 0.566 e. The van der Waals surface area contributed by atoms with Crippen molar-refractivity contribution in [2.24, 2.45) is 0 Å². The van der Waals surface area contributed by atoms with Crippen molar-refractivity contribution < 1.29 is 37.9 Å². The maximum Gasteiger partial charge on any atom is 0.488 e. The van der Waals surface area contributed by atoms with E-state index in [4.69, 9.17) is 9.47 Å². The smallest absolute Gasteiger partial charge is 0.488 e. The highest BCUT2D eigenvalue weighted by Crippen LogP contribution is 2.37. The molecule has 0 spiro atoms. The van der Waals surface area contributed by atoms with Crippen LogP contribution in [0.25, 0.3) is 0 Å². The quantitative estimate of drug-likeness (QED) is 0.422. The molecule has 3 amide bonds. The monoisotopic (exact) mass is 289 g/mol. The first-order valence-corrected chi connectivity index (χ1v) is 6.64. The van der Waals surface area contributed by atoms with Crippen LogP contribution in [0.2, 0.25) is 0 Å². The van der Waals surface area contributed by atoms with Crippen LogP contribution in [0, 0.1) is 0 Å².